The largest absolute Gasteiger partial charge is 0.243 e. The van der Waals surface area contributed by atoms with E-state index >= 15 is 0 Å². The fourth-order valence-corrected chi connectivity index (χ4v) is 1.63. The number of aromatic nitrogens is 2. The fourth-order valence-electron chi connectivity index (χ4n) is 1.32. The summed E-state index contributed by atoms with van der Waals surface area (Å²) in [6, 6.07) is 0. The summed E-state index contributed by atoms with van der Waals surface area (Å²) in [6.45, 7) is 3.54. The minimum absolute atomic E-state index is 0.294. The summed E-state index contributed by atoms with van der Waals surface area (Å²) in [7, 11) is 0. The molecule has 0 radical (unpaired) electrons. The molecule has 1 aromatic rings. The molecule has 0 spiro atoms. The van der Waals surface area contributed by atoms with E-state index < -0.39 is 5.67 Å². The summed E-state index contributed by atoms with van der Waals surface area (Å²) in [5.74, 6) is 0. The number of hydrogen-bond acceptors (Lipinski definition) is 2. The number of halogens is 2. The maximum Gasteiger partial charge on any atom is 0.151 e. The second-order valence-corrected chi connectivity index (χ2v) is 3.93. The topological polar surface area (TPSA) is 25.8 Å². The summed E-state index contributed by atoms with van der Waals surface area (Å²) in [6.07, 6.45) is 4.98. The Morgan fingerprint density at radius 2 is 2.29 bits per heavy atom. The van der Waals surface area contributed by atoms with Gasteiger partial charge in [-0.1, -0.05) is 31.4 Å². The monoisotopic (exact) mass is 216 g/mol. The smallest absolute Gasteiger partial charge is 0.151 e. The lowest BCUT2D eigenvalue weighted by Gasteiger charge is -2.19. The van der Waals surface area contributed by atoms with Crippen molar-refractivity contribution in [3.63, 3.8) is 0 Å². The molecule has 0 amide bonds. The second kappa shape index (κ2) is 4.69. The van der Waals surface area contributed by atoms with Crippen molar-refractivity contribution in [3.05, 3.63) is 23.2 Å². The highest BCUT2D eigenvalue weighted by Gasteiger charge is 2.29. The van der Waals surface area contributed by atoms with Crippen LogP contribution >= 0.6 is 11.6 Å². The molecule has 0 saturated heterocycles. The Morgan fingerprint density at radius 1 is 1.57 bits per heavy atom. The Bertz CT molecular complexity index is 302. The van der Waals surface area contributed by atoms with Crippen LogP contribution in [0.4, 0.5) is 4.39 Å². The lowest BCUT2D eigenvalue weighted by atomic mass is 9.97. The highest BCUT2D eigenvalue weighted by molar-refractivity contribution is 6.31. The van der Waals surface area contributed by atoms with Gasteiger partial charge in [0.25, 0.3) is 0 Å². The normalized spacial score (nSPS) is 15.1. The lowest BCUT2D eigenvalue weighted by Crippen LogP contribution is -2.17. The molecule has 2 nitrogen and oxygen atoms in total. The Hall–Kier alpha value is -0.700. The van der Waals surface area contributed by atoms with E-state index in [1.807, 2.05) is 6.92 Å². The maximum atomic E-state index is 14.1. The highest BCUT2D eigenvalue weighted by Crippen LogP contribution is 2.33. The van der Waals surface area contributed by atoms with Crippen LogP contribution in [-0.2, 0) is 5.67 Å². The molecule has 78 valence electrons. The van der Waals surface area contributed by atoms with Gasteiger partial charge in [-0.15, -0.1) is 0 Å². The first-order valence-corrected chi connectivity index (χ1v) is 5.10. The van der Waals surface area contributed by atoms with Crippen molar-refractivity contribution in [2.75, 3.05) is 0 Å². The van der Waals surface area contributed by atoms with Crippen LogP contribution in [0.5, 0.6) is 0 Å². The van der Waals surface area contributed by atoms with Crippen molar-refractivity contribution in [2.45, 2.75) is 38.8 Å². The number of unbranched alkanes of at least 4 members (excludes halogenated alkanes) is 1. The number of alkyl halides is 1. The zero-order chi connectivity index (χ0) is 10.6. The molecule has 0 N–H and O–H groups in total. The Labute approximate surface area is 88.5 Å². The molecule has 4 heteroatoms. The third-order valence-electron chi connectivity index (χ3n) is 2.16. The van der Waals surface area contributed by atoms with Gasteiger partial charge >= 0.3 is 0 Å². The molecule has 1 unspecified atom stereocenters. The van der Waals surface area contributed by atoms with E-state index in [0.29, 0.717) is 17.1 Å². The van der Waals surface area contributed by atoms with E-state index in [4.69, 9.17) is 11.6 Å². The summed E-state index contributed by atoms with van der Waals surface area (Å²) in [5.41, 5.74) is -1.15. The molecule has 14 heavy (non-hydrogen) atoms. The van der Waals surface area contributed by atoms with E-state index in [0.717, 1.165) is 12.8 Å². The van der Waals surface area contributed by atoms with E-state index in [2.05, 4.69) is 9.97 Å². The zero-order valence-electron chi connectivity index (χ0n) is 8.43. The van der Waals surface area contributed by atoms with Gasteiger partial charge in [-0.2, -0.15) is 0 Å². The van der Waals surface area contributed by atoms with Crippen LogP contribution in [0, 0.1) is 0 Å². The van der Waals surface area contributed by atoms with Gasteiger partial charge in [-0.3, -0.25) is 0 Å². The molecule has 1 heterocycles. The molecule has 0 bridgehead atoms. The number of rotatable bonds is 4. The minimum Gasteiger partial charge on any atom is -0.243 e. The molecular weight excluding hydrogens is 203 g/mol. The molecule has 1 rings (SSSR count). The van der Waals surface area contributed by atoms with Gasteiger partial charge in [0.1, 0.15) is 6.33 Å². The van der Waals surface area contributed by atoms with Gasteiger partial charge in [0, 0.05) is 6.20 Å². The van der Waals surface area contributed by atoms with Crippen molar-refractivity contribution in [3.8, 4) is 0 Å². The standard InChI is InChI=1S/C10H14ClFN2/c1-3-4-5-10(2,12)9-8(11)6-13-7-14-9/h6-7H,3-5H2,1-2H3. The van der Waals surface area contributed by atoms with Crippen molar-refractivity contribution < 1.29 is 4.39 Å². The molecule has 1 atom stereocenters. The Balaban J connectivity index is 2.86. The third-order valence-corrected chi connectivity index (χ3v) is 2.44. The van der Waals surface area contributed by atoms with Crippen LogP contribution in [0.1, 0.15) is 38.8 Å². The Kier molecular flexibility index (Phi) is 3.81. The van der Waals surface area contributed by atoms with Crippen LogP contribution in [0.15, 0.2) is 12.5 Å². The van der Waals surface area contributed by atoms with Gasteiger partial charge in [0.2, 0.25) is 0 Å². The van der Waals surface area contributed by atoms with Crippen molar-refractivity contribution in [2.24, 2.45) is 0 Å². The Morgan fingerprint density at radius 3 is 2.86 bits per heavy atom. The maximum absolute atomic E-state index is 14.1. The number of nitrogens with zero attached hydrogens (tertiary/aromatic N) is 2. The van der Waals surface area contributed by atoms with E-state index in [1.54, 1.807) is 0 Å². The first kappa shape index (κ1) is 11.4. The van der Waals surface area contributed by atoms with Crippen LogP contribution in [0.2, 0.25) is 5.02 Å². The summed E-state index contributed by atoms with van der Waals surface area (Å²) in [4.78, 5) is 7.61. The van der Waals surface area contributed by atoms with Gasteiger partial charge in [0.05, 0.1) is 10.7 Å². The van der Waals surface area contributed by atoms with Gasteiger partial charge in [0.15, 0.2) is 5.67 Å². The van der Waals surface area contributed by atoms with Crippen molar-refractivity contribution in [1.29, 1.82) is 0 Å². The molecule has 0 saturated carbocycles. The fraction of sp³-hybridized carbons (Fsp3) is 0.600. The number of hydrogen-bond donors (Lipinski definition) is 0. The summed E-state index contributed by atoms with van der Waals surface area (Å²) in [5, 5.41) is 0.300. The molecule has 0 fully saturated rings. The lowest BCUT2D eigenvalue weighted by molar-refractivity contribution is 0.166. The van der Waals surface area contributed by atoms with Crippen LogP contribution < -0.4 is 0 Å². The average molecular weight is 217 g/mol. The summed E-state index contributed by atoms with van der Waals surface area (Å²) >= 11 is 5.82. The van der Waals surface area contributed by atoms with Crippen LogP contribution in [0.25, 0.3) is 0 Å². The van der Waals surface area contributed by atoms with Crippen molar-refractivity contribution >= 4 is 11.6 Å². The van der Waals surface area contributed by atoms with Gasteiger partial charge in [-0.25, -0.2) is 14.4 Å². The zero-order valence-corrected chi connectivity index (χ0v) is 9.18. The second-order valence-electron chi connectivity index (χ2n) is 3.52. The molecule has 0 aliphatic rings. The molecule has 0 aliphatic carbocycles. The SMILES string of the molecule is CCCCC(C)(F)c1ncncc1Cl. The van der Waals surface area contributed by atoms with E-state index in [1.165, 1.54) is 19.4 Å². The van der Waals surface area contributed by atoms with Crippen molar-refractivity contribution in [1.82, 2.24) is 9.97 Å². The molecule has 0 aromatic carbocycles. The van der Waals surface area contributed by atoms with Crippen LogP contribution in [-0.4, -0.2) is 9.97 Å². The highest BCUT2D eigenvalue weighted by atomic mass is 35.5. The van der Waals surface area contributed by atoms with Gasteiger partial charge in [-0.05, 0) is 13.3 Å². The first-order chi connectivity index (χ1) is 6.58. The van der Waals surface area contributed by atoms with Gasteiger partial charge < -0.3 is 0 Å². The average Bonchev–Trinajstić information content (AvgIpc) is 2.15. The first-order valence-electron chi connectivity index (χ1n) is 4.73. The quantitative estimate of drug-likeness (QED) is 0.770. The third kappa shape index (κ3) is 2.64. The van der Waals surface area contributed by atoms with E-state index in [-0.39, 0.29) is 0 Å². The van der Waals surface area contributed by atoms with E-state index in [9.17, 15) is 4.39 Å². The predicted octanol–water partition coefficient (Wildman–Crippen LogP) is 3.50. The molecule has 1 aromatic heterocycles. The minimum atomic E-state index is -1.45. The predicted molar refractivity (Wildman–Crippen MR) is 55.0 cm³/mol. The molecule has 0 aliphatic heterocycles. The molecular formula is C10H14ClFN2. The van der Waals surface area contributed by atoms with Crippen LogP contribution in [0.3, 0.4) is 0 Å². The summed E-state index contributed by atoms with van der Waals surface area (Å²) < 4.78 is 14.1.